The van der Waals surface area contributed by atoms with Crippen molar-refractivity contribution < 1.29 is 19.0 Å². The maximum atomic E-state index is 12.6. The lowest BCUT2D eigenvalue weighted by Crippen LogP contribution is -2.37. The Morgan fingerprint density at radius 1 is 1.11 bits per heavy atom. The molecule has 0 spiro atoms. The number of nitrogens with zero attached hydrogens (tertiary/aromatic N) is 1. The first kappa shape index (κ1) is 27.0. The minimum Gasteiger partial charge on any atom is -0.388 e. The molecule has 198 valence electrons. The molecule has 1 heterocycles. The molecule has 4 fully saturated rings. The van der Waals surface area contributed by atoms with Crippen LogP contribution in [-0.4, -0.2) is 53.4 Å². The Labute approximate surface area is 211 Å². The second-order valence-electron chi connectivity index (χ2n) is 12.4. The molecule has 2 unspecified atom stereocenters. The number of halogens is 2. The van der Waals surface area contributed by atoms with Gasteiger partial charge in [-0.25, -0.2) is 8.78 Å². The first-order valence-electron chi connectivity index (χ1n) is 14.1. The summed E-state index contributed by atoms with van der Waals surface area (Å²) < 4.78 is 25.1. The third-order valence-corrected chi connectivity index (χ3v) is 10.1. The molecule has 4 rings (SSSR count). The van der Waals surface area contributed by atoms with E-state index in [2.05, 4.69) is 37.5 Å². The summed E-state index contributed by atoms with van der Waals surface area (Å²) in [5.41, 5.74) is 3.59. The molecule has 0 aromatic carbocycles. The number of likely N-dealkylation sites (tertiary alicyclic amines) is 1. The Kier molecular flexibility index (Phi) is 8.92. The largest absolute Gasteiger partial charge is 0.388 e. The quantitative estimate of drug-likeness (QED) is 0.380. The fourth-order valence-electron chi connectivity index (χ4n) is 7.94. The number of alkyl halides is 2. The second-order valence-corrected chi connectivity index (χ2v) is 12.4. The van der Waals surface area contributed by atoms with E-state index in [-0.39, 0.29) is 6.42 Å². The van der Waals surface area contributed by atoms with Crippen LogP contribution in [0.4, 0.5) is 8.78 Å². The van der Waals surface area contributed by atoms with Gasteiger partial charge in [0.05, 0.1) is 12.2 Å². The molecule has 0 aromatic rings. The van der Waals surface area contributed by atoms with Gasteiger partial charge in [-0.1, -0.05) is 43.7 Å². The molecule has 4 aliphatic rings. The number of rotatable bonds is 8. The molecule has 3 aliphatic carbocycles. The Bertz CT molecular complexity index is 792. The van der Waals surface area contributed by atoms with Crippen LogP contribution < -0.4 is 0 Å². The van der Waals surface area contributed by atoms with Crippen LogP contribution in [0, 0.1) is 29.1 Å². The monoisotopic (exact) mass is 491 g/mol. The fraction of sp³-hybridized carbons (Fsp3) is 0.800. The smallest absolute Gasteiger partial charge is 0.238 e. The van der Waals surface area contributed by atoms with Gasteiger partial charge >= 0.3 is 0 Å². The van der Waals surface area contributed by atoms with Gasteiger partial charge in [0.2, 0.25) is 6.43 Å². The summed E-state index contributed by atoms with van der Waals surface area (Å²) >= 11 is 0. The highest BCUT2D eigenvalue weighted by Crippen LogP contribution is 2.59. The third kappa shape index (κ3) is 6.27. The lowest BCUT2D eigenvalue weighted by molar-refractivity contribution is 0.0895. The Morgan fingerprint density at radius 2 is 1.86 bits per heavy atom. The molecule has 1 saturated heterocycles. The average molecular weight is 492 g/mol. The average Bonchev–Trinajstić information content (AvgIpc) is 3.42. The zero-order valence-corrected chi connectivity index (χ0v) is 21.9. The van der Waals surface area contributed by atoms with Crippen molar-refractivity contribution in [1.29, 1.82) is 0 Å². The van der Waals surface area contributed by atoms with E-state index >= 15 is 0 Å². The summed E-state index contributed by atoms with van der Waals surface area (Å²) in [6.07, 6.45) is 11.5. The minimum atomic E-state index is -2.16. The van der Waals surface area contributed by atoms with E-state index in [1.165, 1.54) is 32.1 Å². The summed E-state index contributed by atoms with van der Waals surface area (Å²) in [6, 6.07) is 0. The number of hydrogen-bond acceptors (Lipinski definition) is 3. The molecule has 0 radical (unpaired) electrons. The number of allylic oxidation sites excluding steroid dienone is 3. The summed E-state index contributed by atoms with van der Waals surface area (Å²) in [4.78, 5) is 2.52. The molecule has 7 atom stereocenters. The SMILES string of the molecule is C=C1[C@H](O)CC(=CC=C2CCC[C@]3(C)[C@@H](C(C)CCN4CCC(CCC(F)F)C4)CC[C@@H]23)C[C@H]1O. The normalized spacial score (nSPS) is 38.4. The van der Waals surface area contributed by atoms with Crippen molar-refractivity contribution in [3.63, 3.8) is 0 Å². The van der Waals surface area contributed by atoms with Gasteiger partial charge in [-0.3, -0.25) is 0 Å². The van der Waals surface area contributed by atoms with Crippen LogP contribution in [0.25, 0.3) is 0 Å². The van der Waals surface area contributed by atoms with Gasteiger partial charge < -0.3 is 15.1 Å². The number of aliphatic hydroxyl groups excluding tert-OH is 2. The van der Waals surface area contributed by atoms with Crippen LogP contribution in [0.1, 0.15) is 84.5 Å². The van der Waals surface area contributed by atoms with Crippen molar-refractivity contribution >= 4 is 0 Å². The zero-order chi connectivity index (χ0) is 25.2. The van der Waals surface area contributed by atoms with Crippen LogP contribution in [0.2, 0.25) is 0 Å². The van der Waals surface area contributed by atoms with Gasteiger partial charge in [0.25, 0.3) is 0 Å². The summed E-state index contributed by atoms with van der Waals surface area (Å²) in [5, 5.41) is 20.4. The summed E-state index contributed by atoms with van der Waals surface area (Å²) in [7, 11) is 0. The van der Waals surface area contributed by atoms with Crippen molar-refractivity contribution in [2.45, 2.75) is 103 Å². The predicted octanol–water partition coefficient (Wildman–Crippen LogP) is 6.52. The molecule has 0 amide bonds. The Hall–Kier alpha value is -1.04. The van der Waals surface area contributed by atoms with Gasteiger partial charge in [-0.05, 0) is 112 Å². The third-order valence-electron chi connectivity index (χ3n) is 10.1. The molecular formula is C30H47F2NO2. The summed E-state index contributed by atoms with van der Waals surface area (Å²) in [6.45, 7) is 12.0. The number of fused-ring (bicyclic) bond motifs is 1. The molecule has 1 aliphatic heterocycles. The van der Waals surface area contributed by atoms with E-state index in [0.717, 1.165) is 44.0 Å². The lowest BCUT2D eigenvalue weighted by Gasteiger charge is -2.44. The van der Waals surface area contributed by atoms with Gasteiger partial charge in [-0.15, -0.1) is 0 Å². The lowest BCUT2D eigenvalue weighted by atomic mass is 9.61. The molecule has 2 N–H and O–H groups in total. The van der Waals surface area contributed by atoms with Crippen molar-refractivity contribution in [2.24, 2.45) is 29.1 Å². The van der Waals surface area contributed by atoms with Crippen LogP contribution in [0.15, 0.2) is 35.5 Å². The highest BCUT2D eigenvalue weighted by molar-refractivity contribution is 5.29. The highest BCUT2D eigenvalue weighted by Gasteiger charge is 2.50. The van der Waals surface area contributed by atoms with Crippen molar-refractivity contribution in [2.75, 3.05) is 19.6 Å². The topological polar surface area (TPSA) is 43.7 Å². The van der Waals surface area contributed by atoms with Crippen LogP contribution >= 0.6 is 0 Å². The van der Waals surface area contributed by atoms with E-state index in [1.807, 2.05) is 0 Å². The van der Waals surface area contributed by atoms with Crippen molar-refractivity contribution in [1.82, 2.24) is 4.90 Å². The number of aliphatic hydroxyl groups is 2. The first-order valence-corrected chi connectivity index (χ1v) is 14.1. The zero-order valence-electron chi connectivity index (χ0n) is 21.9. The van der Waals surface area contributed by atoms with Gasteiger partial charge in [-0.2, -0.15) is 0 Å². The summed E-state index contributed by atoms with van der Waals surface area (Å²) in [5.74, 6) is 2.51. The molecule has 5 heteroatoms. The van der Waals surface area contributed by atoms with Gasteiger partial charge in [0.1, 0.15) is 0 Å². The van der Waals surface area contributed by atoms with E-state index < -0.39 is 18.6 Å². The van der Waals surface area contributed by atoms with Crippen LogP contribution in [0.5, 0.6) is 0 Å². The molecule has 3 nitrogen and oxygen atoms in total. The van der Waals surface area contributed by atoms with E-state index in [9.17, 15) is 19.0 Å². The molecule has 3 saturated carbocycles. The van der Waals surface area contributed by atoms with E-state index in [4.69, 9.17) is 0 Å². The Balaban J connectivity index is 1.33. The Morgan fingerprint density at radius 3 is 2.57 bits per heavy atom. The van der Waals surface area contributed by atoms with Crippen LogP contribution in [-0.2, 0) is 0 Å². The minimum absolute atomic E-state index is 0.0553. The van der Waals surface area contributed by atoms with E-state index in [1.54, 1.807) is 5.57 Å². The van der Waals surface area contributed by atoms with Gasteiger partial charge in [0, 0.05) is 13.0 Å². The van der Waals surface area contributed by atoms with Gasteiger partial charge in [0.15, 0.2) is 0 Å². The second kappa shape index (κ2) is 11.6. The fourth-order valence-corrected chi connectivity index (χ4v) is 7.94. The maximum absolute atomic E-state index is 12.6. The maximum Gasteiger partial charge on any atom is 0.238 e. The van der Waals surface area contributed by atoms with E-state index in [0.29, 0.717) is 48.0 Å². The molecule has 0 bridgehead atoms. The standard InChI is InChI=1S/C30H47F2NO2/c1-20(12-15-33-16-13-22(19-33)7-11-29(31)32)25-9-10-26-24(5-4-14-30(25,26)3)8-6-23-17-27(34)21(2)28(35)18-23/h6,8,20,22,25-29,34-35H,2,4-5,7,9-19H2,1,3H3/t20?,22?,25-,26+,27-,28-,30-/m1/s1. The van der Waals surface area contributed by atoms with Crippen molar-refractivity contribution in [3.05, 3.63) is 35.5 Å². The molecule has 35 heavy (non-hydrogen) atoms. The number of hydrogen-bond donors (Lipinski definition) is 2. The predicted molar refractivity (Wildman–Crippen MR) is 138 cm³/mol. The molecule has 0 aromatic heterocycles. The first-order chi connectivity index (χ1) is 16.7. The van der Waals surface area contributed by atoms with Crippen LogP contribution in [0.3, 0.4) is 0 Å². The molecular weight excluding hydrogens is 444 g/mol. The van der Waals surface area contributed by atoms with Crippen molar-refractivity contribution in [3.8, 4) is 0 Å². The highest BCUT2D eigenvalue weighted by atomic mass is 19.3.